The molecule has 2 unspecified atom stereocenters. The van der Waals surface area contributed by atoms with Crippen molar-refractivity contribution in [1.29, 1.82) is 0 Å². The number of piperidine rings is 1. The number of nitrogens with zero attached hydrogens (tertiary/aromatic N) is 2. The molecule has 1 aliphatic rings. The van der Waals surface area contributed by atoms with Crippen molar-refractivity contribution in [3.05, 3.63) is 22.8 Å². The van der Waals surface area contributed by atoms with Gasteiger partial charge in [-0.2, -0.15) is 0 Å². The van der Waals surface area contributed by atoms with Gasteiger partial charge in [-0.1, -0.05) is 18.5 Å². The highest BCUT2D eigenvalue weighted by molar-refractivity contribution is 6.31. The maximum atomic E-state index is 6.15. The Bertz CT molecular complexity index is 394. The van der Waals surface area contributed by atoms with Crippen LogP contribution in [0.15, 0.2) is 12.1 Å². The summed E-state index contributed by atoms with van der Waals surface area (Å²) >= 11 is 6.15. The Balaban J connectivity index is 2.07. The van der Waals surface area contributed by atoms with Crippen LogP contribution in [-0.4, -0.2) is 22.5 Å². The minimum absolute atomic E-state index is 0.544. The second-order valence-electron chi connectivity index (χ2n) is 5.11. The highest BCUT2D eigenvalue weighted by Gasteiger charge is 2.23. The van der Waals surface area contributed by atoms with Gasteiger partial charge in [-0.15, -0.1) is 0 Å². The largest absolute Gasteiger partial charge is 0.384 e. The molecule has 0 aliphatic carbocycles. The summed E-state index contributed by atoms with van der Waals surface area (Å²) in [7, 11) is 0. The number of hydrogen-bond acceptors (Lipinski definition) is 3. The molecular formula is C13H20ClN3. The SMILES string of the molecule is CC1CCN(Cc2nc(N)ccc2Cl)C(C)C1. The molecule has 2 atom stereocenters. The van der Waals surface area contributed by atoms with Crippen LogP contribution in [0, 0.1) is 5.92 Å². The summed E-state index contributed by atoms with van der Waals surface area (Å²) in [6.45, 7) is 6.52. The van der Waals surface area contributed by atoms with Crippen LogP contribution in [0.2, 0.25) is 5.02 Å². The zero-order valence-corrected chi connectivity index (χ0v) is 11.2. The first-order valence-corrected chi connectivity index (χ1v) is 6.59. The van der Waals surface area contributed by atoms with Gasteiger partial charge in [0.25, 0.3) is 0 Å². The Hall–Kier alpha value is -0.800. The van der Waals surface area contributed by atoms with Crippen molar-refractivity contribution in [2.24, 2.45) is 5.92 Å². The van der Waals surface area contributed by atoms with Crippen molar-refractivity contribution in [1.82, 2.24) is 9.88 Å². The van der Waals surface area contributed by atoms with Crippen LogP contribution < -0.4 is 5.73 Å². The van der Waals surface area contributed by atoms with Crippen molar-refractivity contribution in [2.45, 2.75) is 39.3 Å². The van der Waals surface area contributed by atoms with Crippen LogP contribution in [0.4, 0.5) is 5.82 Å². The molecule has 1 aromatic rings. The molecule has 1 fully saturated rings. The van der Waals surface area contributed by atoms with E-state index in [9.17, 15) is 0 Å². The lowest BCUT2D eigenvalue weighted by Crippen LogP contribution is -2.39. The standard InChI is InChI=1S/C13H20ClN3/c1-9-5-6-17(10(2)7-9)8-12-11(14)3-4-13(15)16-12/h3-4,9-10H,5-8H2,1-2H3,(H2,15,16). The molecule has 94 valence electrons. The number of halogens is 1. The summed E-state index contributed by atoms with van der Waals surface area (Å²) < 4.78 is 0. The smallest absolute Gasteiger partial charge is 0.123 e. The normalized spacial score (nSPS) is 26.1. The van der Waals surface area contributed by atoms with E-state index in [1.165, 1.54) is 12.8 Å². The zero-order chi connectivity index (χ0) is 12.4. The maximum absolute atomic E-state index is 6.15. The van der Waals surface area contributed by atoms with Crippen molar-refractivity contribution in [3.8, 4) is 0 Å². The molecule has 2 heterocycles. The maximum Gasteiger partial charge on any atom is 0.123 e. The fourth-order valence-electron chi connectivity index (χ4n) is 2.50. The topological polar surface area (TPSA) is 42.2 Å². The van der Waals surface area contributed by atoms with Crippen molar-refractivity contribution < 1.29 is 0 Å². The van der Waals surface area contributed by atoms with Gasteiger partial charge in [0.05, 0.1) is 10.7 Å². The predicted octanol–water partition coefficient (Wildman–Crippen LogP) is 2.94. The molecule has 1 aliphatic heterocycles. The van der Waals surface area contributed by atoms with Gasteiger partial charge in [0, 0.05) is 12.6 Å². The molecule has 0 radical (unpaired) electrons. The summed E-state index contributed by atoms with van der Waals surface area (Å²) in [6, 6.07) is 4.17. The first-order valence-electron chi connectivity index (χ1n) is 6.21. The molecule has 1 saturated heterocycles. The van der Waals surface area contributed by atoms with Gasteiger partial charge in [-0.05, 0) is 44.4 Å². The summed E-state index contributed by atoms with van der Waals surface area (Å²) in [4.78, 5) is 6.76. The first kappa shape index (κ1) is 12.7. The minimum atomic E-state index is 0.544. The number of nitrogens with two attached hydrogens (primary N) is 1. The Morgan fingerprint density at radius 3 is 2.94 bits per heavy atom. The monoisotopic (exact) mass is 253 g/mol. The number of hydrogen-bond donors (Lipinski definition) is 1. The summed E-state index contributed by atoms with van der Waals surface area (Å²) in [5.74, 6) is 1.37. The lowest BCUT2D eigenvalue weighted by molar-refractivity contribution is 0.121. The average molecular weight is 254 g/mol. The number of aromatic nitrogens is 1. The number of anilines is 1. The van der Waals surface area contributed by atoms with Crippen LogP contribution in [0.5, 0.6) is 0 Å². The molecule has 4 heteroatoms. The van der Waals surface area contributed by atoms with Gasteiger partial charge in [-0.25, -0.2) is 4.98 Å². The second kappa shape index (κ2) is 5.23. The van der Waals surface area contributed by atoms with E-state index in [0.717, 1.165) is 24.7 Å². The molecule has 0 saturated carbocycles. The quantitative estimate of drug-likeness (QED) is 0.881. The van der Waals surface area contributed by atoms with Gasteiger partial charge in [-0.3, -0.25) is 4.90 Å². The average Bonchev–Trinajstić information content (AvgIpc) is 2.27. The van der Waals surface area contributed by atoms with Crippen LogP contribution >= 0.6 is 11.6 Å². The Morgan fingerprint density at radius 2 is 2.24 bits per heavy atom. The predicted molar refractivity (Wildman–Crippen MR) is 71.9 cm³/mol. The molecule has 1 aromatic heterocycles. The Morgan fingerprint density at radius 1 is 1.47 bits per heavy atom. The highest BCUT2D eigenvalue weighted by atomic mass is 35.5. The fourth-order valence-corrected chi connectivity index (χ4v) is 2.66. The van der Waals surface area contributed by atoms with E-state index in [2.05, 4.69) is 23.7 Å². The summed E-state index contributed by atoms with van der Waals surface area (Å²) in [5.41, 5.74) is 6.60. The number of pyridine rings is 1. The molecule has 3 nitrogen and oxygen atoms in total. The first-order chi connectivity index (χ1) is 8.06. The van der Waals surface area contributed by atoms with Crippen molar-refractivity contribution in [2.75, 3.05) is 12.3 Å². The summed E-state index contributed by atoms with van der Waals surface area (Å²) in [5, 5.41) is 0.713. The van der Waals surface area contributed by atoms with Crippen LogP contribution in [0.1, 0.15) is 32.4 Å². The van der Waals surface area contributed by atoms with Crippen LogP contribution in [0.3, 0.4) is 0 Å². The van der Waals surface area contributed by atoms with Crippen LogP contribution in [-0.2, 0) is 6.54 Å². The van der Waals surface area contributed by atoms with Crippen LogP contribution in [0.25, 0.3) is 0 Å². The molecule has 0 aromatic carbocycles. The van der Waals surface area contributed by atoms with E-state index in [1.54, 1.807) is 6.07 Å². The minimum Gasteiger partial charge on any atom is -0.384 e. The molecule has 2 rings (SSSR count). The Kier molecular flexibility index (Phi) is 3.89. The molecule has 0 amide bonds. The van der Waals surface area contributed by atoms with E-state index in [4.69, 9.17) is 17.3 Å². The molecule has 0 spiro atoms. The van der Waals surface area contributed by atoms with Gasteiger partial charge in [0.15, 0.2) is 0 Å². The van der Waals surface area contributed by atoms with Gasteiger partial charge in [0.2, 0.25) is 0 Å². The zero-order valence-electron chi connectivity index (χ0n) is 10.5. The van der Waals surface area contributed by atoms with E-state index >= 15 is 0 Å². The number of nitrogen functional groups attached to an aromatic ring is 1. The van der Waals surface area contributed by atoms with E-state index in [0.29, 0.717) is 16.9 Å². The second-order valence-corrected chi connectivity index (χ2v) is 5.52. The van der Waals surface area contributed by atoms with Crippen molar-refractivity contribution >= 4 is 17.4 Å². The molecule has 2 N–H and O–H groups in total. The molecule has 17 heavy (non-hydrogen) atoms. The Labute approximate surface area is 108 Å². The summed E-state index contributed by atoms with van der Waals surface area (Å²) in [6.07, 6.45) is 2.50. The van der Waals surface area contributed by atoms with Gasteiger partial charge >= 0.3 is 0 Å². The fraction of sp³-hybridized carbons (Fsp3) is 0.615. The van der Waals surface area contributed by atoms with Gasteiger partial charge in [0.1, 0.15) is 5.82 Å². The number of rotatable bonds is 2. The number of likely N-dealkylation sites (tertiary alicyclic amines) is 1. The third-order valence-corrected chi connectivity index (χ3v) is 3.91. The van der Waals surface area contributed by atoms with E-state index in [-0.39, 0.29) is 0 Å². The third kappa shape index (κ3) is 3.11. The van der Waals surface area contributed by atoms with E-state index in [1.807, 2.05) is 6.07 Å². The molecule has 0 bridgehead atoms. The molecular weight excluding hydrogens is 234 g/mol. The van der Waals surface area contributed by atoms with Crippen molar-refractivity contribution in [3.63, 3.8) is 0 Å². The third-order valence-electron chi connectivity index (χ3n) is 3.57. The lowest BCUT2D eigenvalue weighted by atomic mass is 9.93. The van der Waals surface area contributed by atoms with Gasteiger partial charge < -0.3 is 5.73 Å². The van der Waals surface area contributed by atoms with E-state index < -0.39 is 0 Å². The lowest BCUT2D eigenvalue weighted by Gasteiger charge is -2.36. The highest BCUT2D eigenvalue weighted by Crippen LogP contribution is 2.25.